The fourth-order valence-electron chi connectivity index (χ4n) is 5.43. The number of esters is 1. The van der Waals surface area contributed by atoms with Crippen molar-refractivity contribution >= 4 is 17.3 Å². The average molecular weight is 510 g/mol. The Morgan fingerprint density at radius 3 is 2.65 bits per heavy atom. The van der Waals surface area contributed by atoms with Crippen LogP contribution >= 0.6 is 0 Å². The van der Waals surface area contributed by atoms with Gasteiger partial charge in [0.1, 0.15) is 12.2 Å². The number of nitrogens with one attached hydrogen (secondary N) is 3. The van der Waals surface area contributed by atoms with E-state index in [9.17, 15) is 9.59 Å². The van der Waals surface area contributed by atoms with Crippen molar-refractivity contribution in [3.05, 3.63) is 57.5 Å². The van der Waals surface area contributed by atoms with Crippen molar-refractivity contribution < 1.29 is 9.53 Å². The quantitative estimate of drug-likeness (QED) is 0.445. The predicted molar refractivity (Wildman–Crippen MR) is 149 cm³/mol. The van der Waals surface area contributed by atoms with E-state index in [-0.39, 0.29) is 35.8 Å². The van der Waals surface area contributed by atoms with Crippen LogP contribution in [0.15, 0.2) is 35.3 Å². The molecule has 37 heavy (non-hydrogen) atoms. The van der Waals surface area contributed by atoms with Crippen LogP contribution in [0.2, 0.25) is 0 Å². The summed E-state index contributed by atoms with van der Waals surface area (Å²) in [6.45, 7) is 13.3. The third-order valence-corrected chi connectivity index (χ3v) is 7.33. The molecule has 0 saturated carbocycles. The smallest absolute Gasteiger partial charge is 0.323 e. The first-order valence-corrected chi connectivity index (χ1v) is 13.6. The molecule has 1 aromatic heterocycles. The maximum atomic E-state index is 12.6. The highest BCUT2D eigenvalue weighted by molar-refractivity contribution is 5.78. The molecule has 4 rings (SSSR count). The Balaban J connectivity index is 1.57. The number of ether oxygens (including phenoxy) is 1. The number of hydrogen-bond acceptors (Lipinski definition) is 7. The summed E-state index contributed by atoms with van der Waals surface area (Å²) in [6.07, 6.45) is 4.17. The monoisotopic (exact) mass is 509 g/mol. The van der Waals surface area contributed by atoms with E-state index in [4.69, 9.17) is 4.74 Å². The third kappa shape index (κ3) is 6.36. The molecule has 1 aromatic carbocycles. The molecule has 2 unspecified atom stereocenters. The van der Waals surface area contributed by atoms with E-state index in [1.54, 1.807) is 4.57 Å². The Morgan fingerprint density at radius 2 is 2.00 bits per heavy atom. The van der Waals surface area contributed by atoms with Gasteiger partial charge >= 0.3 is 5.97 Å². The van der Waals surface area contributed by atoms with Gasteiger partial charge in [-0.25, -0.2) is 0 Å². The molecule has 2 aliphatic heterocycles. The van der Waals surface area contributed by atoms with E-state index in [0.29, 0.717) is 12.5 Å². The Kier molecular flexibility index (Phi) is 8.60. The number of hydrogen-bond donors (Lipinski definition) is 3. The molecule has 8 heteroatoms. The number of carbonyl (C=O) groups excluding carboxylic acids is 1. The van der Waals surface area contributed by atoms with Crippen LogP contribution in [0.25, 0.3) is 0 Å². The van der Waals surface area contributed by atoms with Gasteiger partial charge in [-0.1, -0.05) is 19.9 Å². The van der Waals surface area contributed by atoms with E-state index in [0.717, 1.165) is 42.0 Å². The molecule has 0 aliphatic carbocycles. The van der Waals surface area contributed by atoms with E-state index < -0.39 is 0 Å². The van der Waals surface area contributed by atoms with Gasteiger partial charge in [-0.15, -0.1) is 0 Å². The number of carbonyl (C=O) groups is 1. The molecular weight excluding hydrogens is 466 g/mol. The van der Waals surface area contributed by atoms with Gasteiger partial charge < -0.3 is 30.2 Å². The number of nitrogens with zero attached hydrogens (tertiary/aromatic N) is 2. The zero-order valence-electron chi connectivity index (χ0n) is 23.1. The zero-order chi connectivity index (χ0) is 26.7. The van der Waals surface area contributed by atoms with Gasteiger partial charge in [0.2, 0.25) is 0 Å². The molecule has 2 aromatic rings. The summed E-state index contributed by atoms with van der Waals surface area (Å²) in [5.74, 6) is 0.482. The van der Waals surface area contributed by atoms with Crippen LogP contribution in [-0.4, -0.2) is 42.3 Å². The first-order valence-electron chi connectivity index (χ1n) is 13.6. The second-order valence-corrected chi connectivity index (χ2v) is 11.2. The first kappa shape index (κ1) is 27.2. The van der Waals surface area contributed by atoms with Crippen LogP contribution in [0.1, 0.15) is 63.4 Å². The predicted octanol–water partition coefficient (Wildman–Crippen LogP) is 3.69. The third-order valence-electron chi connectivity index (χ3n) is 7.33. The summed E-state index contributed by atoms with van der Waals surface area (Å²) in [7, 11) is 1.82. The summed E-state index contributed by atoms with van der Waals surface area (Å²) in [5.41, 5.74) is 5.21. The number of anilines is 2. The van der Waals surface area contributed by atoms with Crippen molar-refractivity contribution in [1.29, 1.82) is 0 Å². The molecule has 0 amide bonds. The van der Waals surface area contributed by atoms with Crippen molar-refractivity contribution in [2.24, 2.45) is 18.9 Å². The highest BCUT2D eigenvalue weighted by atomic mass is 16.5. The molecule has 0 bridgehead atoms. The van der Waals surface area contributed by atoms with Gasteiger partial charge in [0.25, 0.3) is 5.56 Å². The van der Waals surface area contributed by atoms with Gasteiger partial charge in [0, 0.05) is 37.5 Å². The maximum Gasteiger partial charge on any atom is 0.323 e. The number of pyridine rings is 1. The van der Waals surface area contributed by atoms with Crippen LogP contribution in [0.3, 0.4) is 0 Å². The fraction of sp³-hybridized carbons (Fsp3) is 0.586. The molecule has 0 spiro atoms. The molecular formula is C29H43N5O3. The summed E-state index contributed by atoms with van der Waals surface area (Å²) < 4.78 is 7.14. The molecule has 0 radical (unpaired) electrons. The summed E-state index contributed by atoms with van der Waals surface area (Å²) >= 11 is 0. The van der Waals surface area contributed by atoms with E-state index >= 15 is 0 Å². The van der Waals surface area contributed by atoms with Gasteiger partial charge in [-0.3, -0.25) is 9.59 Å². The second kappa shape index (κ2) is 11.7. The summed E-state index contributed by atoms with van der Waals surface area (Å²) in [5, 5.41) is 10.7. The number of aryl methyl sites for hydroxylation is 2. The highest BCUT2D eigenvalue weighted by Gasteiger charge is 2.33. The maximum absolute atomic E-state index is 12.6. The molecule has 202 valence electrons. The normalized spacial score (nSPS) is 20.2. The van der Waals surface area contributed by atoms with Crippen molar-refractivity contribution in [3.8, 4) is 0 Å². The Hall–Kier alpha value is -2.84. The molecule has 8 nitrogen and oxygen atoms in total. The van der Waals surface area contributed by atoms with Crippen molar-refractivity contribution in [2.75, 3.05) is 29.9 Å². The van der Waals surface area contributed by atoms with E-state index in [2.05, 4.69) is 39.0 Å². The van der Waals surface area contributed by atoms with Gasteiger partial charge in [0.15, 0.2) is 0 Å². The van der Waals surface area contributed by atoms with E-state index in [1.165, 1.54) is 18.5 Å². The van der Waals surface area contributed by atoms with Gasteiger partial charge in [-0.05, 0) is 82.3 Å². The van der Waals surface area contributed by atoms with Gasteiger partial charge in [0.05, 0.1) is 17.5 Å². The Labute approximate surface area is 220 Å². The molecule has 3 atom stereocenters. The fourth-order valence-corrected chi connectivity index (χ4v) is 5.43. The number of rotatable bonds is 9. The average Bonchev–Trinajstić information content (AvgIpc) is 3.19. The standard InChI is InChI=1S/C29H43N5O3/c1-18(2)26(29(36)37-19(3)4)31-15-21-9-10-25-24(13-21)32-27(23-12-20(5)28(35)33(6)17-23)34(25)16-22-8-7-11-30-14-22/h9-10,12-13,17-19,22,26-27,30-32H,7-8,11,14-16H2,1-6H3/t22?,26-,27?/m0/s1. The number of fused-ring (bicyclic) bond motifs is 1. The number of piperidine rings is 1. The molecule has 1 fully saturated rings. The minimum Gasteiger partial charge on any atom is -0.462 e. The summed E-state index contributed by atoms with van der Waals surface area (Å²) in [6, 6.07) is 8.14. The summed E-state index contributed by atoms with van der Waals surface area (Å²) in [4.78, 5) is 27.4. The van der Waals surface area contributed by atoms with Crippen molar-refractivity contribution in [2.45, 2.75) is 72.3 Å². The lowest BCUT2D eigenvalue weighted by atomic mass is 9.98. The van der Waals surface area contributed by atoms with Crippen LogP contribution < -0.4 is 26.4 Å². The van der Waals surface area contributed by atoms with Crippen LogP contribution in [0.5, 0.6) is 0 Å². The lowest BCUT2D eigenvalue weighted by Gasteiger charge is -2.33. The van der Waals surface area contributed by atoms with Crippen LogP contribution in [0.4, 0.5) is 11.4 Å². The van der Waals surface area contributed by atoms with Crippen LogP contribution in [-0.2, 0) is 23.1 Å². The Morgan fingerprint density at radius 1 is 1.22 bits per heavy atom. The second-order valence-electron chi connectivity index (χ2n) is 11.2. The zero-order valence-corrected chi connectivity index (χ0v) is 23.1. The number of aromatic nitrogens is 1. The minimum absolute atomic E-state index is 0.0337. The van der Waals surface area contributed by atoms with Crippen LogP contribution in [0, 0.1) is 18.8 Å². The lowest BCUT2D eigenvalue weighted by molar-refractivity contribution is -0.151. The number of benzene rings is 1. The SMILES string of the molecule is Cc1cc(C2Nc3cc(CN[C@H](C(=O)OC(C)C)C(C)C)ccc3N2CC2CCCNC2)cn(C)c1=O. The largest absolute Gasteiger partial charge is 0.462 e. The van der Waals surface area contributed by atoms with Crippen molar-refractivity contribution in [1.82, 2.24) is 15.2 Å². The Bertz CT molecular complexity index is 1130. The van der Waals surface area contributed by atoms with E-state index in [1.807, 2.05) is 53.9 Å². The molecule has 2 aliphatic rings. The molecule has 1 saturated heterocycles. The molecule has 3 heterocycles. The lowest BCUT2D eigenvalue weighted by Crippen LogP contribution is -2.42. The topological polar surface area (TPSA) is 87.6 Å². The van der Waals surface area contributed by atoms with Gasteiger partial charge in [-0.2, -0.15) is 0 Å². The highest BCUT2D eigenvalue weighted by Crippen LogP contribution is 2.42. The first-order chi connectivity index (χ1) is 17.6. The van der Waals surface area contributed by atoms with Crippen molar-refractivity contribution in [3.63, 3.8) is 0 Å². The molecule has 3 N–H and O–H groups in total. The minimum atomic E-state index is -0.361.